The Hall–Kier alpha value is -12.5. The smallest absolute Gasteiger partial charge is 0.340 e. The van der Waals surface area contributed by atoms with E-state index in [9.17, 15) is 44.1 Å². The fourth-order valence-corrected chi connectivity index (χ4v) is 15.9. The molecule has 0 saturated carbocycles. The van der Waals surface area contributed by atoms with Crippen LogP contribution in [0, 0.1) is 43.3 Å². The molecule has 0 amide bonds. The number of ether oxygens (including phenoxy) is 7. The first-order chi connectivity index (χ1) is 65.2. The summed E-state index contributed by atoms with van der Waals surface area (Å²) in [4.78, 5) is 95.8. The highest BCUT2D eigenvalue weighted by atomic mass is 32.1. The zero-order chi connectivity index (χ0) is 99.4. The van der Waals surface area contributed by atoms with Gasteiger partial charge in [-0.15, -0.1) is 0 Å². The molecule has 0 aromatic heterocycles. The van der Waals surface area contributed by atoms with Crippen molar-refractivity contribution in [2.75, 3.05) is 156 Å². The van der Waals surface area contributed by atoms with Gasteiger partial charge in [-0.3, -0.25) is 67.2 Å². The van der Waals surface area contributed by atoms with Gasteiger partial charge in [0.2, 0.25) is 0 Å². The number of unbranched alkanes of at least 4 members (excludes halogenated alkanes) is 10. The van der Waals surface area contributed by atoms with Gasteiger partial charge in [-0.1, -0.05) is 38.2 Å². The number of thiocarbonyl (C=S) groups is 1. The highest BCUT2D eigenvalue weighted by Crippen LogP contribution is 2.57. The second-order valence-corrected chi connectivity index (χ2v) is 33.9. The van der Waals surface area contributed by atoms with Crippen molar-refractivity contribution in [1.29, 1.82) is 43.3 Å². The highest BCUT2D eigenvalue weighted by molar-refractivity contribution is 7.80. The Kier molecular flexibility index (Phi) is 54.7. The molecule has 0 fully saturated rings. The van der Waals surface area contributed by atoms with Crippen LogP contribution >= 0.6 is 12.2 Å². The number of aliphatic hydroxyl groups excluding tert-OH is 1. The second-order valence-electron chi connectivity index (χ2n) is 33.5. The second kappa shape index (κ2) is 65.3. The van der Waals surface area contributed by atoms with Gasteiger partial charge in [0.15, 0.2) is 82.8 Å². The number of nitrogens with zero attached hydrogens (tertiary/aromatic N) is 4. The average Bonchev–Trinajstić information content (AvgIpc) is 1.52. The van der Waals surface area contributed by atoms with E-state index < -0.39 is 79.0 Å². The van der Waals surface area contributed by atoms with Crippen LogP contribution in [0.25, 0.3) is 0 Å². The molecule has 0 aliphatic carbocycles. The Morgan fingerprint density at radius 1 is 0.360 bits per heavy atom. The number of phenolic OH excluding ortho intramolecular Hbond substituents is 2. The fourth-order valence-electron chi connectivity index (χ4n) is 15.6. The molecule has 0 bridgehead atoms. The summed E-state index contributed by atoms with van der Waals surface area (Å²) in [6, 6.07) is 14.0. The van der Waals surface area contributed by atoms with E-state index in [-0.39, 0.29) is 139 Å². The zero-order valence-corrected chi connectivity index (χ0v) is 79.3. The van der Waals surface area contributed by atoms with E-state index in [1.54, 1.807) is 30.3 Å². The van der Waals surface area contributed by atoms with Crippen LogP contribution in [0.15, 0.2) is 54.6 Å². The van der Waals surface area contributed by atoms with Crippen molar-refractivity contribution < 1.29 is 77.2 Å². The number of nitrogens with one attached hydrogen (secondary N) is 18. The molecule has 2 aliphatic heterocycles. The number of carbonyl (C=O) groups excluding carboxylic acids is 6. The first kappa shape index (κ1) is 114. The van der Waals surface area contributed by atoms with Crippen molar-refractivity contribution in [2.45, 2.75) is 210 Å². The predicted molar refractivity (Wildman–Crippen MR) is 524 cm³/mol. The molecule has 46 nitrogen and oxygen atoms in total. The van der Waals surface area contributed by atoms with Gasteiger partial charge in [-0.25, -0.2) is 4.79 Å². The van der Waals surface area contributed by atoms with Crippen molar-refractivity contribution in [1.82, 2.24) is 67.5 Å². The van der Waals surface area contributed by atoms with E-state index in [1.807, 2.05) is 0 Å². The molecular formula is C89H152N30O16S. The van der Waals surface area contributed by atoms with Gasteiger partial charge in [0, 0.05) is 126 Å². The Morgan fingerprint density at radius 3 is 0.978 bits per heavy atom. The molecule has 136 heavy (non-hydrogen) atoms. The lowest BCUT2D eigenvalue weighted by Crippen LogP contribution is -2.54. The zero-order valence-electron chi connectivity index (χ0n) is 78.5. The van der Waals surface area contributed by atoms with Crippen molar-refractivity contribution in [3.05, 3.63) is 76.9 Å². The number of hydrogen-bond acceptors (Lipinski definition) is 29. The molecule has 4 atom stereocenters. The van der Waals surface area contributed by atoms with Crippen molar-refractivity contribution in [3.63, 3.8) is 0 Å². The third-order valence-corrected chi connectivity index (χ3v) is 22.5. The van der Waals surface area contributed by atoms with E-state index in [0.29, 0.717) is 282 Å². The van der Waals surface area contributed by atoms with Crippen molar-refractivity contribution in [2.24, 2.45) is 45.9 Å². The number of carbonyl (C=O) groups is 6. The maximum Gasteiger partial charge on any atom is 0.340 e. The molecule has 3 aromatic rings. The van der Waals surface area contributed by atoms with Crippen LogP contribution < -0.4 is 104 Å². The van der Waals surface area contributed by atoms with Crippen molar-refractivity contribution >= 4 is 107 Å². The molecule has 1 spiro atoms. The summed E-state index contributed by atoms with van der Waals surface area (Å²) in [5, 5.41) is 122. The summed E-state index contributed by atoms with van der Waals surface area (Å²) < 4.78 is 43.6. The first-order valence-electron chi connectivity index (χ1n) is 47.1. The lowest BCUT2D eigenvalue weighted by atomic mass is 9.77. The van der Waals surface area contributed by atoms with E-state index in [2.05, 4.69) is 72.8 Å². The lowest BCUT2D eigenvalue weighted by Gasteiger charge is -2.36. The number of anilines is 1. The number of aromatic hydroxyl groups is 2. The summed E-state index contributed by atoms with van der Waals surface area (Å²) in [6.45, 7) is 9.72. The fraction of sp³-hybridized carbons (Fsp3) is 0.629. The van der Waals surface area contributed by atoms with Gasteiger partial charge in [-0.2, -0.15) is 0 Å². The summed E-state index contributed by atoms with van der Waals surface area (Å²) in [5.41, 5.74) is 45.1. The number of hydrogen-bond donors (Lipinski definition) is 29. The Labute approximate surface area is 802 Å². The van der Waals surface area contributed by atoms with Gasteiger partial charge in [0.25, 0.3) is 0 Å². The maximum atomic E-state index is 14.9. The number of esters is 6. The van der Waals surface area contributed by atoms with E-state index in [4.69, 9.17) is 135 Å². The van der Waals surface area contributed by atoms with E-state index in [0.717, 1.165) is 0 Å². The lowest BCUT2D eigenvalue weighted by molar-refractivity contribution is -0.208. The average molecular weight is 1930 g/mol. The number of benzene rings is 3. The number of fused-ring (bicyclic) bond motifs is 6. The Bertz CT molecular complexity index is 4140. The summed E-state index contributed by atoms with van der Waals surface area (Å²) >= 11 is 5.71. The molecule has 760 valence electrons. The van der Waals surface area contributed by atoms with Gasteiger partial charge in [-0.05, 0) is 243 Å². The molecule has 5 rings (SSSR count). The van der Waals surface area contributed by atoms with Crippen LogP contribution in [0.5, 0.6) is 23.0 Å². The van der Waals surface area contributed by atoms with Gasteiger partial charge in [0.1, 0.15) is 29.6 Å². The van der Waals surface area contributed by atoms with Crippen LogP contribution in [-0.4, -0.2) is 299 Å². The van der Waals surface area contributed by atoms with Crippen LogP contribution in [0.1, 0.15) is 207 Å². The van der Waals surface area contributed by atoms with Crippen molar-refractivity contribution in [3.8, 4) is 23.0 Å². The van der Waals surface area contributed by atoms with Crippen LogP contribution in [0.3, 0.4) is 0 Å². The number of aliphatic hydroxyl groups is 1. The quantitative estimate of drug-likeness (QED) is 0.00961. The van der Waals surface area contributed by atoms with E-state index in [1.165, 1.54) is 24.3 Å². The molecule has 47 heteroatoms. The molecule has 0 unspecified atom stereocenters. The number of rotatable bonds is 73. The van der Waals surface area contributed by atoms with E-state index >= 15 is 0 Å². The predicted octanol–water partition coefficient (Wildman–Crippen LogP) is 2.13. The Morgan fingerprint density at radius 2 is 0.647 bits per heavy atom. The minimum atomic E-state index is -1.92. The van der Waals surface area contributed by atoms with Crippen LogP contribution in [-0.2, 0) is 58.0 Å². The minimum Gasteiger partial charge on any atom is -0.508 e. The Balaban J connectivity index is 1.46. The highest BCUT2D eigenvalue weighted by Gasteiger charge is 2.54. The molecule has 2 heterocycles. The maximum absolute atomic E-state index is 14.9. The molecule has 37 N–H and O–H groups in total. The van der Waals surface area contributed by atoms with Crippen LogP contribution in [0.4, 0.5) is 5.69 Å². The summed E-state index contributed by atoms with van der Waals surface area (Å²) in [6.07, 6.45) is 3.65. The first-order valence-corrected chi connectivity index (χ1v) is 47.5. The summed E-state index contributed by atoms with van der Waals surface area (Å²) in [7, 11) is 0. The largest absolute Gasteiger partial charge is 0.508 e. The minimum absolute atomic E-state index is 0.0852. The monoisotopic (exact) mass is 1930 g/mol. The third-order valence-electron chi connectivity index (χ3n) is 22.3. The molecular weight excluding hydrogens is 1780 g/mol. The SMILES string of the molecule is N=C(N)NCCCN(CCCCCC(=O)O[C@@H]([C@H](OC(=O)CCCCCN(CCCNC(=N)N)CCCNC(=N)N)[C@@H](CO)OC(=O)CCCCCN(CCCNC(=N)N)CCCNC(=N)N)[C@H](COC(=O)CCCCCNC(=S)Nc1ccc2c(c1)C(=O)OC21c2ccc(O)cc2Oc2cc(O)ccc21)OC(=O)CCCCCN(CCCNC(=N)N)CCCNC(=N)N)CCCNC(=N)N. The third kappa shape index (κ3) is 47.1. The summed E-state index contributed by atoms with van der Waals surface area (Å²) in [5.74, 6) is -5.72. The standard InChI is InChI=1S/C89H152N30O16S/c90-80(91)106-36-16-48-116(49-17-37-107-81(92)93)44-12-2-7-25-73(124)131-70(59-120)77(133-75(126)27-9-4-14-46-118(52-20-40-110-84(98)99)53-21-41-111-85(100)101)78(134-76(127)28-10-5-15-47-119(54-22-42-112-86(102)103)55-23-43-113-87(104)105)71(132-74(125)26-8-3-13-45-117(50-18-38-108-82(94)95)51-19-39-109-83(96)97)60-129-72(123)24-6-1-11-35-114-88(136)115-61-29-32-65-64(56-61)79(128)135-89(65)66-33-30-62(121)57-68(66)130-69-58-63(122)31-34-67(69)89/h29-34,56-58,70-71,77-78,120-122H,1-28,35-55,59-60H2,(H4,90,91,106)(H4,92,93,107)(H4,94,95,108)(H4,96,97,109)(H4,98,99,110)(H4,100,101,111)(H4,102,103,112)(H4,104,105,113)(H2,114,115,136)/t70-,71+,77-,78-/m1/s1. The van der Waals surface area contributed by atoms with Gasteiger partial charge < -0.3 is 167 Å². The number of phenols is 2. The number of guanidine groups is 8. The number of nitrogens with two attached hydrogens (primary N) is 8. The normalized spacial score (nSPS) is 12.9. The molecule has 3 aromatic carbocycles. The molecule has 0 saturated heterocycles. The topological polar surface area (TPSA) is 760 Å². The molecule has 2 aliphatic rings. The van der Waals surface area contributed by atoms with Crippen LogP contribution in [0.2, 0.25) is 0 Å². The van der Waals surface area contributed by atoms with Gasteiger partial charge >= 0.3 is 35.8 Å². The van der Waals surface area contributed by atoms with Gasteiger partial charge in [0.05, 0.1) is 12.2 Å². The molecule has 0 radical (unpaired) electrons.